The van der Waals surface area contributed by atoms with Gasteiger partial charge < -0.3 is 25.0 Å². The third-order valence-electron chi connectivity index (χ3n) is 6.88. The van der Waals surface area contributed by atoms with Crippen molar-refractivity contribution in [3.8, 4) is 5.75 Å². The van der Waals surface area contributed by atoms with Gasteiger partial charge in [0.1, 0.15) is 11.9 Å². The van der Waals surface area contributed by atoms with Crippen LogP contribution in [0.3, 0.4) is 0 Å². The SMILES string of the molecule is C[C@H](CO)N1C[C@H](C)[C@@H](CN(C)C(=O)Nc2ccc(F)cc2)Oc2c(NS(=O)(=O)c3ccccc3)cccc2C1=O. The molecule has 41 heavy (non-hydrogen) atoms. The van der Waals surface area contributed by atoms with Gasteiger partial charge in [0.05, 0.1) is 35.3 Å². The van der Waals surface area contributed by atoms with Gasteiger partial charge in [-0.15, -0.1) is 0 Å². The van der Waals surface area contributed by atoms with E-state index in [9.17, 15) is 27.5 Å². The van der Waals surface area contributed by atoms with Crippen molar-refractivity contribution in [1.29, 1.82) is 0 Å². The molecule has 0 aliphatic carbocycles. The maximum absolute atomic E-state index is 13.6. The van der Waals surface area contributed by atoms with E-state index in [1.807, 2.05) is 6.92 Å². The molecule has 218 valence electrons. The van der Waals surface area contributed by atoms with Crippen LogP contribution in [-0.4, -0.2) is 74.2 Å². The highest BCUT2D eigenvalue weighted by molar-refractivity contribution is 7.92. The zero-order valence-corrected chi connectivity index (χ0v) is 23.8. The summed E-state index contributed by atoms with van der Waals surface area (Å²) in [6, 6.07) is 16.7. The molecule has 10 nitrogen and oxygen atoms in total. The van der Waals surface area contributed by atoms with Gasteiger partial charge in [-0.2, -0.15) is 0 Å². The fourth-order valence-corrected chi connectivity index (χ4v) is 5.53. The van der Waals surface area contributed by atoms with Crippen LogP contribution in [0.15, 0.2) is 77.7 Å². The lowest BCUT2D eigenvalue weighted by Crippen LogP contribution is -2.50. The molecule has 4 rings (SSSR count). The van der Waals surface area contributed by atoms with Gasteiger partial charge in [0.25, 0.3) is 15.9 Å². The number of nitrogens with one attached hydrogen (secondary N) is 2. The number of likely N-dealkylation sites (N-methyl/N-ethyl adjacent to an activating group) is 1. The topological polar surface area (TPSA) is 128 Å². The van der Waals surface area contributed by atoms with Crippen LogP contribution in [0.4, 0.5) is 20.6 Å². The number of rotatable bonds is 8. The summed E-state index contributed by atoms with van der Waals surface area (Å²) < 4.78 is 48.5. The maximum Gasteiger partial charge on any atom is 0.321 e. The number of ether oxygens (including phenoxy) is 1. The van der Waals surface area contributed by atoms with E-state index >= 15 is 0 Å². The molecule has 3 amide bonds. The van der Waals surface area contributed by atoms with Gasteiger partial charge >= 0.3 is 6.03 Å². The predicted octanol–water partition coefficient (Wildman–Crippen LogP) is 4.01. The van der Waals surface area contributed by atoms with Crippen molar-refractivity contribution in [3.63, 3.8) is 0 Å². The van der Waals surface area contributed by atoms with Crippen LogP contribution < -0.4 is 14.8 Å². The van der Waals surface area contributed by atoms with Crippen LogP contribution in [0.5, 0.6) is 5.75 Å². The van der Waals surface area contributed by atoms with E-state index in [1.54, 1.807) is 38.2 Å². The molecule has 3 N–H and O–H groups in total. The Bertz CT molecular complexity index is 1490. The Hall–Kier alpha value is -4.16. The Morgan fingerprint density at radius 3 is 2.46 bits per heavy atom. The lowest BCUT2D eigenvalue weighted by molar-refractivity contribution is 0.0373. The number of benzene rings is 3. The second-order valence-corrected chi connectivity index (χ2v) is 11.7. The highest BCUT2D eigenvalue weighted by Crippen LogP contribution is 2.36. The van der Waals surface area contributed by atoms with Crippen molar-refractivity contribution in [3.05, 3.63) is 84.2 Å². The van der Waals surface area contributed by atoms with Crippen molar-refractivity contribution in [2.45, 2.75) is 30.9 Å². The molecule has 0 radical (unpaired) electrons. The molecule has 1 aliphatic heterocycles. The molecular weight excluding hydrogens is 551 g/mol. The van der Waals surface area contributed by atoms with E-state index in [0.29, 0.717) is 5.69 Å². The standard InChI is InChI=1S/C29H33FN4O6S/c1-19-16-34(20(2)18-35)28(36)24-10-7-11-25(32-41(38,39)23-8-5-4-6-9-23)27(24)40-26(19)17-33(3)29(37)31-22-14-12-21(30)13-15-22/h4-15,19-20,26,32,35H,16-18H2,1-3H3,(H,31,37)/t19-,20+,26+/m0/s1. The molecular formula is C29H33FN4O6S. The zero-order chi connectivity index (χ0) is 29.7. The van der Waals surface area contributed by atoms with Crippen LogP contribution in [0.25, 0.3) is 0 Å². The fraction of sp³-hybridized carbons (Fsp3) is 0.310. The first-order valence-corrected chi connectivity index (χ1v) is 14.6. The molecule has 3 aromatic carbocycles. The number of urea groups is 1. The summed E-state index contributed by atoms with van der Waals surface area (Å²) in [7, 11) is -2.45. The number of sulfonamides is 1. The van der Waals surface area contributed by atoms with Crippen LogP contribution in [-0.2, 0) is 10.0 Å². The minimum absolute atomic E-state index is 0.0241. The lowest BCUT2D eigenvalue weighted by Gasteiger charge is -2.38. The number of aliphatic hydroxyl groups excluding tert-OH is 1. The summed E-state index contributed by atoms with van der Waals surface area (Å²) in [5.74, 6) is -1.16. The zero-order valence-electron chi connectivity index (χ0n) is 23.0. The van der Waals surface area contributed by atoms with E-state index in [1.165, 1.54) is 58.3 Å². The van der Waals surface area contributed by atoms with Crippen molar-refractivity contribution in [2.75, 3.05) is 36.8 Å². The van der Waals surface area contributed by atoms with Gasteiger partial charge in [-0.05, 0) is 55.5 Å². The summed E-state index contributed by atoms with van der Waals surface area (Å²) in [6.07, 6.45) is -0.679. The maximum atomic E-state index is 13.6. The Morgan fingerprint density at radius 1 is 1.12 bits per heavy atom. The molecule has 0 aromatic heterocycles. The third kappa shape index (κ3) is 6.95. The van der Waals surface area contributed by atoms with Crippen molar-refractivity contribution in [1.82, 2.24) is 9.80 Å². The smallest absolute Gasteiger partial charge is 0.321 e. The largest absolute Gasteiger partial charge is 0.485 e. The van der Waals surface area contributed by atoms with Gasteiger partial charge in [-0.1, -0.05) is 31.2 Å². The number of nitrogens with zero attached hydrogens (tertiary/aromatic N) is 2. The average molecular weight is 585 g/mol. The molecule has 0 saturated heterocycles. The first kappa shape index (κ1) is 29.8. The van der Waals surface area contributed by atoms with Crippen LogP contribution in [0.1, 0.15) is 24.2 Å². The second-order valence-electron chi connectivity index (χ2n) is 10.0. The number of anilines is 2. The molecule has 0 spiro atoms. The lowest BCUT2D eigenvalue weighted by atomic mass is 9.99. The second kappa shape index (κ2) is 12.6. The number of carbonyl (C=O) groups excluding carboxylic acids is 2. The van der Waals surface area contributed by atoms with Gasteiger partial charge in [0.15, 0.2) is 5.75 Å². The van der Waals surface area contributed by atoms with E-state index in [2.05, 4.69) is 10.0 Å². The number of hydrogen-bond acceptors (Lipinski definition) is 6. The van der Waals surface area contributed by atoms with Crippen molar-refractivity contribution >= 4 is 33.3 Å². The van der Waals surface area contributed by atoms with Gasteiger partial charge in [-0.3, -0.25) is 9.52 Å². The number of amides is 3. The first-order valence-electron chi connectivity index (χ1n) is 13.1. The molecule has 1 aliphatic rings. The van der Waals surface area contributed by atoms with Crippen LogP contribution >= 0.6 is 0 Å². The van der Waals surface area contributed by atoms with E-state index < -0.39 is 39.9 Å². The quantitative estimate of drug-likeness (QED) is 0.367. The van der Waals surface area contributed by atoms with E-state index in [0.717, 1.165) is 0 Å². The summed E-state index contributed by atoms with van der Waals surface area (Å²) in [5, 5.41) is 12.6. The number of hydrogen-bond donors (Lipinski definition) is 3. The summed E-state index contributed by atoms with van der Waals surface area (Å²) in [4.78, 5) is 29.5. The number of fused-ring (bicyclic) bond motifs is 1. The molecule has 3 atom stereocenters. The average Bonchev–Trinajstić information content (AvgIpc) is 2.96. The molecule has 0 unspecified atom stereocenters. The number of halogens is 1. The number of carbonyl (C=O) groups is 2. The van der Waals surface area contributed by atoms with Gasteiger partial charge in [-0.25, -0.2) is 17.6 Å². The van der Waals surface area contributed by atoms with Crippen LogP contribution in [0, 0.1) is 11.7 Å². The highest BCUT2D eigenvalue weighted by Gasteiger charge is 2.35. The normalized spacial score (nSPS) is 17.9. The summed E-state index contributed by atoms with van der Waals surface area (Å²) in [5.41, 5.74) is 0.592. The number of para-hydroxylation sites is 1. The fourth-order valence-electron chi connectivity index (χ4n) is 4.45. The Labute approximate surface area is 238 Å². The highest BCUT2D eigenvalue weighted by atomic mass is 32.2. The summed E-state index contributed by atoms with van der Waals surface area (Å²) >= 11 is 0. The molecule has 0 bridgehead atoms. The Kier molecular flexibility index (Phi) is 9.14. The summed E-state index contributed by atoms with van der Waals surface area (Å²) in [6.45, 7) is 3.58. The van der Waals surface area contributed by atoms with Gasteiger partial charge in [0, 0.05) is 25.2 Å². The molecule has 0 fully saturated rings. The first-order chi connectivity index (χ1) is 19.5. The minimum Gasteiger partial charge on any atom is -0.485 e. The van der Waals surface area contributed by atoms with E-state index in [4.69, 9.17) is 4.74 Å². The third-order valence-corrected chi connectivity index (χ3v) is 8.27. The van der Waals surface area contributed by atoms with E-state index in [-0.39, 0.29) is 47.5 Å². The molecule has 1 heterocycles. The van der Waals surface area contributed by atoms with Crippen molar-refractivity contribution in [2.24, 2.45) is 5.92 Å². The number of aliphatic hydroxyl groups is 1. The molecule has 12 heteroatoms. The van der Waals surface area contributed by atoms with Crippen LogP contribution in [0.2, 0.25) is 0 Å². The molecule has 3 aromatic rings. The minimum atomic E-state index is -4.02. The monoisotopic (exact) mass is 584 g/mol. The molecule has 0 saturated carbocycles. The Morgan fingerprint density at radius 2 is 1.80 bits per heavy atom. The predicted molar refractivity (Wildman–Crippen MR) is 153 cm³/mol. The van der Waals surface area contributed by atoms with Gasteiger partial charge in [0.2, 0.25) is 0 Å². The Balaban J connectivity index is 1.68. The van der Waals surface area contributed by atoms with Crippen molar-refractivity contribution < 1.29 is 32.2 Å².